The van der Waals surface area contributed by atoms with E-state index in [1.54, 1.807) is 36.0 Å². The van der Waals surface area contributed by atoms with E-state index in [9.17, 15) is 59.8 Å². The van der Waals surface area contributed by atoms with Crippen LogP contribution in [0.3, 0.4) is 0 Å². The fraction of sp³-hybridized carbons (Fsp3) is 0.392. The molecule has 4 aromatic rings. The molecule has 1 aliphatic carbocycles. The maximum Gasteiger partial charge on any atom is 1.00 e. The standard InChI is InChI=1S/C51H58N2O18S5.5Na/c1-50(2)41(52(21-6-8-23-69-74(59)60)37-17-13-33-25-35(73-71-70-58)27-39(45(33)47(37)50)67-29-43(54)55)19-15-31-11-10-12-32(49(31)72-5)16-20-42-51(3,4)48-38(53(42)22-7-9-24-75(61,62)63)18-14-34-26-36(76(64,65)66)28-40(46(34)48)68-30-44(56)57;;;;;/h13-20,25-28H,6-12,21-24,29-30H2,1-5H3,(H5-,54,55,56,57,58,59,60,61,62,63,64,65,66);;;;;/q;5*+1/p-5. The summed E-state index contributed by atoms with van der Waals surface area (Å²) in [6.45, 7) is 6.92. The molecule has 1 atom stereocenters. The average Bonchev–Trinajstić information content (AvgIpc) is 3.70. The quantitative estimate of drug-likeness (QED) is 0.00869. The minimum Gasteiger partial charge on any atom is -0.750 e. The minimum absolute atomic E-state index is 0. The molecule has 0 saturated carbocycles. The number of hydrogen-bond acceptors (Lipinski definition) is 21. The van der Waals surface area contributed by atoms with Crippen LogP contribution in [0.5, 0.6) is 11.5 Å². The summed E-state index contributed by atoms with van der Waals surface area (Å²) in [6, 6.07) is 12.6. The number of carboxylic acid groups (broad SMARTS) is 2. The molecule has 0 spiro atoms. The van der Waals surface area contributed by atoms with E-state index in [1.807, 2.05) is 63.1 Å². The number of unbranched alkanes of at least 4 members (excludes halogenated alkanes) is 2. The molecule has 0 radical (unpaired) electrons. The molecule has 30 heteroatoms. The van der Waals surface area contributed by atoms with Crippen LogP contribution in [0, 0.1) is 0 Å². The molecular formula is C51H53N2Na5O18S5. The van der Waals surface area contributed by atoms with Gasteiger partial charge in [0.25, 0.3) is 0 Å². The molecule has 2 aliphatic heterocycles. The maximum atomic E-state index is 12.3. The topological polar surface area (TPSA) is 310 Å². The van der Waals surface area contributed by atoms with Gasteiger partial charge in [-0.15, -0.1) is 11.8 Å². The number of carboxylic acids is 2. The number of allylic oxidation sites excluding steroid dienone is 7. The summed E-state index contributed by atoms with van der Waals surface area (Å²) in [7, 11) is -9.51. The normalized spacial score (nSPS) is 16.8. The first-order chi connectivity index (χ1) is 35.9. The Labute approximate surface area is 593 Å². The van der Waals surface area contributed by atoms with Gasteiger partial charge in [0, 0.05) is 68.2 Å². The first-order valence-corrected chi connectivity index (χ1v) is 29.7. The second-order valence-corrected chi connectivity index (χ2v) is 24.2. The monoisotopic (exact) mass is 1260 g/mol. The summed E-state index contributed by atoms with van der Waals surface area (Å²) in [5.74, 6) is -3.56. The van der Waals surface area contributed by atoms with Gasteiger partial charge in [0.2, 0.25) is 5.69 Å². The third-order valence-corrected chi connectivity index (χ3v) is 16.9. The number of ether oxygens (including phenoxy) is 2. The van der Waals surface area contributed by atoms with Gasteiger partial charge in [0.05, 0.1) is 67.9 Å². The third kappa shape index (κ3) is 18.9. The van der Waals surface area contributed by atoms with Crippen LogP contribution >= 0.6 is 23.8 Å². The molecule has 0 amide bonds. The van der Waals surface area contributed by atoms with Crippen LogP contribution in [-0.2, 0) is 65.6 Å². The molecule has 1 unspecified atom stereocenters. The van der Waals surface area contributed by atoms with Gasteiger partial charge >= 0.3 is 148 Å². The molecule has 410 valence electrons. The molecule has 81 heavy (non-hydrogen) atoms. The number of nitrogens with zero attached hydrogens (tertiary/aromatic N) is 2. The van der Waals surface area contributed by atoms with Crippen molar-refractivity contribution in [1.82, 2.24) is 0 Å². The summed E-state index contributed by atoms with van der Waals surface area (Å²) in [5, 5.41) is 39.5. The van der Waals surface area contributed by atoms with E-state index in [2.05, 4.69) is 26.1 Å². The summed E-state index contributed by atoms with van der Waals surface area (Å²) in [5.41, 5.74) is 4.90. The Balaban J connectivity index is 0.00000448. The van der Waals surface area contributed by atoms with Crippen LogP contribution in [0.2, 0.25) is 0 Å². The molecule has 3 aliphatic rings. The Morgan fingerprint density at radius 2 is 1.42 bits per heavy atom. The van der Waals surface area contributed by atoms with Crippen molar-refractivity contribution < 1.29 is 235 Å². The van der Waals surface area contributed by atoms with Crippen molar-refractivity contribution in [3.63, 3.8) is 0 Å². The zero-order valence-electron chi connectivity index (χ0n) is 46.9. The summed E-state index contributed by atoms with van der Waals surface area (Å²) in [4.78, 5) is 26.1. The third-order valence-electron chi connectivity index (χ3n) is 13.4. The number of fused-ring (bicyclic) bond motifs is 6. The number of rotatable bonds is 25. The molecule has 7 rings (SSSR count). The van der Waals surface area contributed by atoms with Crippen molar-refractivity contribution in [2.24, 2.45) is 0 Å². The van der Waals surface area contributed by atoms with Gasteiger partial charge in [-0.2, -0.15) is 8.91 Å². The van der Waals surface area contributed by atoms with Crippen LogP contribution in [0.15, 0.2) is 104 Å². The van der Waals surface area contributed by atoms with E-state index in [-0.39, 0.29) is 185 Å². The molecule has 0 aromatic heterocycles. The fourth-order valence-corrected chi connectivity index (χ4v) is 13.0. The summed E-state index contributed by atoms with van der Waals surface area (Å²) in [6.07, 6.45) is 13.6. The largest absolute Gasteiger partial charge is 1.00 e. The average molecular weight is 1260 g/mol. The first-order valence-electron chi connectivity index (χ1n) is 23.8. The minimum atomic E-state index is -5.01. The van der Waals surface area contributed by atoms with Crippen LogP contribution < -0.4 is 178 Å². The van der Waals surface area contributed by atoms with Crippen LogP contribution in [0.4, 0.5) is 11.4 Å². The molecule has 4 aromatic carbocycles. The van der Waals surface area contributed by atoms with Crippen molar-refractivity contribution in [2.75, 3.05) is 49.8 Å². The van der Waals surface area contributed by atoms with Gasteiger partial charge in [-0.3, -0.25) is 5.04 Å². The summed E-state index contributed by atoms with van der Waals surface area (Å²) >= 11 is -0.482. The zero-order chi connectivity index (χ0) is 55.3. The number of aliphatic carboxylic acids is 2. The van der Waals surface area contributed by atoms with Crippen molar-refractivity contribution in [3.8, 4) is 11.5 Å². The predicted octanol–water partition coefficient (Wildman–Crippen LogP) is -10.3. The van der Waals surface area contributed by atoms with Crippen LogP contribution in [-0.4, -0.2) is 102 Å². The Hall–Kier alpha value is -0.160. The molecule has 0 saturated heterocycles. The second-order valence-electron chi connectivity index (χ2n) is 19.1. The Kier molecular flexibility index (Phi) is 31.8. The van der Waals surface area contributed by atoms with Crippen molar-refractivity contribution in [3.05, 3.63) is 106 Å². The van der Waals surface area contributed by atoms with Crippen molar-refractivity contribution in [1.29, 1.82) is 0 Å². The van der Waals surface area contributed by atoms with Gasteiger partial charge in [0.15, 0.2) is 5.71 Å². The number of carbonyl (C=O) groups is 2. The van der Waals surface area contributed by atoms with E-state index in [0.29, 0.717) is 75.5 Å². The molecule has 0 N–H and O–H groups in total. The van der Waals surface area contributed by atoms with E-state index in [1.165, 1.54) is 6.07 Å². The van der Waals surface area contributed by atoms with Crippen molar-refractivity contribution >= 4 is 106 Å². The molecular weight excluding hydrogens is 1200 g/mol. The molecule has 0 fully saturated rings. The second kappa shape index (κ2) is 33.4. The Bertz CT molecular complexity index is 3390. The van der Waals surface area contributed by atoms with E-state index in [0.717, 1.165) is 57.6 Å². The van der Waals surface area contributed by atoms with Gasteiger partial charge in [-0.05, 0) is 129 Å². The SMILES string of the molecule is CSC1=C(/C=C/C2=[N+](CCCCOS(=O)[O-])c3ccc4cc(SOO[O-])cc(OCC(=O)[O-])c4c3C2(C)C)CCC/C1=C\C=C1\N(CCCCS(=O)(=O)[O-])c2ccc3cc(S(=O)(=O)[O-])cc(OCC(=O)[O-])c3c2C1(C)C.[Na+].[Na+].[Na+].[Na+].[Na+]. The van der Waals surface area contributed by atoms with Gasteiger partial charge in [-0.1, -0.05) is 32.1 Å². The van der Waals surface area contributed by atoms with Crippen LogP contribution in [0.25, 0.3) is 21.5 Å². The zero-order valence-corrected chi connectivity index (χ0v) is 61.0. The van der Waals surface area contributed by atoms with E-state index < -0.39 is 78.2 Å². The van der Waals surface area contributed by atoms with Gasteiger partial charge < -0.3 is 57.3 Å². The van der Waals surface area contributed by atoms with Crippen LogP contribution in [0.1, 0.15) is 83.8 Å². The fourth-order valence-electron chi connectivity index (χ4n) is 10.4. The molecule has 2 heterocycles. The van der Waals surface area contributed by atoms with Crippen molar-refractivity contribution in [2.45, 2.75) is 93.3 Å². The number of benzene rings is 4. The molecule has 0 bridgehead atoms. The number of hydrogen-bond donors (Lipinski definition) is 0. The number of thioether (sulfide) groups is 1. The van der Waals surface area contributed by atoms with E-state index in [4.69, 9.17) is 13.7 Å². The van der Waals surface area contributed by atoms with Gasteiger partial charge in [0.1, 0.15) is 41.4 Å². The number of anilines is 1. The van der Waals surface area contributed by atoms with E-state index >= 15 is 0 Å². The predicted molar refractivity (Wildman–Crippen MR) is 276 cm³/mol. The smallest absolute Gasteiger partial charge is 0.750 e. The first kappa shape index (κ1) is 76.9. The molecule has 20 nitrogen and oxygen atoms in total. The summed E-state index contributed by atoms with van der Waals surface area (Å²) < 4.78 is 117. The van der Waals surface area contributed by atoms with Gasteiger partial charge in [-0.25, -0.2) is 21.0 Å². The Morgan fingerprint density at radius 3 is 2.02 bits per heavy atom. The Morgan fingerprint density at radius 1 is 0.790 bits per heavy atom. The maximum absolute atomic E-state index is 12.3. The number of carbonyl (C=O) groups excluding carboxylic acids is 2.